The van der Waals surface area contributed by atoms with Gasteiger partial charge in [0.15, 0.2) is 4.80 Å². The molecule has 35 heavy (non-hydrogen) atoms. The molecule has 1 aliphatic heterocycles. The van der Waals surface area contributed by atoms with E-state index in [1.165, 1.54) is 29.0 Å². The van der Waals surface area contributed by atoms with E-state index in [0.29, 0.717) is 18.3 Å². The van der Waals surface area contributed by atoms with Crippen LogP contribution in [0.2, 0.25) is 0 Å². The third-order valence-electron chi connectivity index (χ3n) is 6.40. The maximum atomic E-state index is 13.8. The van der Waals surface area contributed by atoms with Crippen LogP contribution < -0.4 is 14.9 Å². The molecule has 2 aliphatic rings. The van der Waals surface area contributed by atoms with Crippen molar-refractivity contribution < 1.29 is 9.50 Å². The first-order valence-electron chi connectivity index (χ1n) is 11.0. The van der Waals surface area contributed by atoms with Gasteiger partial charge in [0, 0.05) is 5.56 Å². The Morgan fingerprint density at radius 3 is 2.51 bits per heavy atom. The zero-order valence-electron chi connectivity index (χ0n) is 18.1. The van der Waals surface area contributed by atoms with Gasteiger partial charge in [-0.15, -0.1) is 0 Å². The Balaban J connectivity index is 1.62. The quantitative estimate of drug-likeness (QED) is 0.317. The van der Waals surface area contributed by atoms with Gasteiger partial charge >= 0.3 is 0 Å². The highest BCUT2D eigenvalue weighted by Gasteiger charge is 2.32. The van der Waals surface area contributed by atoms with Crippen LogP contribution in [-0.4, -0.2) is 9.67 Å². The summed E-state index contributed by atoms with van der Waals surface area (Å²) >= 11 is 8.04. The number of hydrogen-bond donors (Lipinski definition) is 1. The number of rotatable bonds is 2. The first-order chi connectivity index (χ1) is 16.9. The number of aromatic hydroxyl groups is 1. The molecule has 1 aliphatic carbocycles. The number of benzene rings is 3. The second-order valence-corrected chi connectivity index (χ2v) is 11.2. The van der Waals surface area contributed by atoms with Crippen molar-refractivity contribution in [2.24, 2.45) is 4.99 Å². The molecule has 0 spiro atoms. The number of halogens is 3. The van der Waals surface area contributed by atoms with E-state index in [1.807, 2.05) is 12.1 Å². The SMILES string of the molecule is O=c1c(=Cc2cc(Br)c(O)c(Br)c2)sc2n1C(c1ccc(F)cc1)C1=C(N=2)c2ccccc2CC1. The molecule has 1 unspecified atom stereocenters. The minimum Gasteiger partial charge on any atom is -0.506 e. The normalized spacial score (nSPS) is 17.0. The summed E-state index contributed by atoms with van der Waals surface area (Å²) in [4.78, 5) is 19.3. The molecule has 1 atom stereocenters. The number of allylic oxidation sites excluding steroid dienone is 1. The Kier molecular flexibility index (Phi) is 5.62. The standard InChI is InChI=1S/C27H17Br2FN2O2S/c28-20-11-14(12-21(29)25(20)33)13-22-26(34)32-24(16-5-8-17(30)9-6-16)19-10-7-15-3-1-2-4-18(15)23(19)31-27(32)35-22/h1-6,8-9,11-13,24,33H,7,10H2. The lowest BCUT2D eigenvalue weighted by Gasteiger charge is -2.30. The van der Waals surface area contributed by atoms with Crippen LogP contribution in [0.1, 0.15) is 34.7 Å². The minimum atomic E-state index is -0.351. The van der Waals surface area contributed by atoms with E-state index in [9.17, 15) is 14.3 Å². The lowest BCUT2D eigenvalue weighted by atomic mass is 9.83. The molecule has 6 rings (SSSR count). The second-order valence-electron chi connectivity index (χ2n) is 8.50. The van der Waals surface area contributed by atoms with Crippen LogP contribution in [0.5, 0.6) is 5.75 Å². The molecule has 2 heterocycles. The second kappa shape index (κ2) is 8.69. The Labute approximate surface area is 220 Å². The van der Waals surface area contributed by atoms with Gasteiger partial charge in [-0.25, -0.2) is 9.38 Å². The van der Waals surface area contributed by atoms with Gasteiger partial charge in [0.25, 0.3) is 5.56 Å². The predicted molar refractivity (Wildman–Crippen MR) is 143 cm³/mol. The summed E-state index contributed by atoms with van der Waals surface area (Å²) in [6, 6.07) is 17.8. The molecule has 174 valence electrons. The van der Waals surface area contributed by atoms with Crippen LogP contribution in [0.3, 0.4) is 0 Å². The number of phenolic OH excluding ortho intramolecular Hbond substituents is 1. The summed E-state index contributed by atoms with van der Waals surface area (Å²) in [5.41, 5.74) is 5.79. The zero-order chi connectivity index (χ0) is 24.3. The first-order valence-corrected chi connectivity index (χ1v) is 13.4. The smallest absolute Gasteiger partial charge is 0.271 e. The maximum absolute atomic E-state index is 13.8. The Hall–Kier alpha value is -2.81. The van der Waals surface area contributed by atoms with Crippen molar-refractivity contribution in [3.05, 3.63) is 123 Å². The molecule has 0 saturated heterocycles. The number of phenols is 1. The molecule has 0 bridgehead atoms. The van der Waals surface area contributed by atoms with Gasteiger partial charge in [-0.05, 0) is 97.3 Å². The van der Waals surface area contributed by atoms with Crippen molar-refractivity contribution in [3.8, 4) is 5.75 Å². The van der Waals surface area contributed by atoms with Crippen LogP contribution >= 0.6 is 43.2 Å². The van der Waals surface area contributed by atoms with Crippen molar-refractivity contribution in [2.75, 3.05) is 0 Å². The van der Waals surface area contributed by atoms with Crippen LogP contribution in [0.4, 0.5) is 4.39 Å². The number of hydrogen-bond acceptors (Lipinski definition) is 4. The molecule has 1 N–H and O–H groups in total. The Bertz CT molecular complexity index is 1700. The number of fused-ring (bicyclic) bond motifs is 3. The number of aryl methyl sites for hydroxylation is 1. The van der Waals surface area contributed by atoms with Crippen LogP contribution in [-0.2, 0) is 6.42 Å². The molecule has 0 saturated carbocycles. The van der Waals surface area contributed by atoms with E-state index >= 15 is 0 Å². The fraction of sp³-hybridized carbons (Fsp3) is 0.111. The van der Waals surface area contributed by atoms with E-state index in [1.54, 1.807) is 34.9 Å². The molecule has 0 fully saturated rings. The topological polar surface area (TPSA) is 54.6 Å². The monoisotopic (exact) mass is 610 g/mol. The fourth-order valence-electron chi connectivity index (χ4n) is 4.79. The van der Waals surface area contributed by atoms with Crippen molar-refractivity contribution in [1.29, 1.82) is 0 Å². The van der Waals surface area contributed by atoms with Gasteiger partial charge in [0.1, 0.15) is 11.6 Å². The Morgan fingerprint density at radius 2 is 1.77 bits per heavy atom. The number of nitrogens with zero attached hydrogens (tertiary/aromatic N) is 2. The minimum absolute atomic E-state index is 0.103. The van der Waals surface area contributed by atoms with E-state index < -0.39 is 0 Å². The van der Waals surface area contributed by atoms with E-state index in [4.69, 9.17) is 4.99 Å². The highest BCUT2D eigenvalue weighted by molar-refractivity contribution is 9.11. The van der Waals surface area contributed by atoms with Crippen LogP contribution in [0.15, 0.2) is 85.0 Å². The summed E-state index contributed by atoms with van der Waals surface area (Å²) in [6.07, 6.45) is 3.44. The molecule has 1 aromatic heterocycles. The average molecular weight is 612 g/mol. The molecular formula is C27H17Br2FN2O2S. The van der Waals surface area contributed by atoms with E-state index in [0.717, 1.165) is 40.8 Å². The van der Waals surface area contributed by atoms with Gasteiger partial charge in [-0.3, -0.25) is 9.36 Å². The summed E-state index contributed by atoms with van der Waals surface area (Å²) in [7, 11) is 0. The lowest BCUT2D eigenvalue weighted by Crippen LogP contribution is -2.38. The largest absolute Gasteiger partial charge is 0.506 e. The van der Waals surface area contributed by atoms with Crippen molar-refractivity contribution >= 4 is 55.0 Å². The fourth-order valence-corrected chi connectivity index (χ4v) is 7.01. The third-order valence-corrected chi connectivity index (χ3v) is 8.59. The predicted octanol–water partition coefficient (Wildman–Crippen LogP) is 5.69. The highest BCUT2D eigenvalue weighted by Crippen LogP contribution is 2.41. The first kappa shape index (κ1) is 22.6. The molecule has 8 heteroatoms. The summed E-state index contributed by atoms with van der Waals surface area (Å²) in [5, 5.41) is 10.0. The number of thiazole rings is 1. The average Bonchev–Trinajstić information content (AvgIpc) is 3.16. The number of aromatic nitrogens is 1. The van der Waals surface area contributed by atoms with Crippen molar-refractivity contribution in [2.45, 2.75) is 18.9 Å². The van der Waals surface area contributed by atoms with Gasteiger partial charge < -0.3 is 5.11 Å². The van der Waals surface area contributed by atoms with Crippen molar-refractivity contribution in [3.63, 3.8) is 0 Å². The molecule has 3 aromatic carbocycles. The molecule has 0 radical (unpaired) electrons. The lowest BCUT2D eigenvalue weighted by molar-refractivity contribution is 0.468. The van der Waals surface area contributed by atoms with Gasteiger partial charge in [0.2, 0.25) is 0 Å². The van der Waals surface area contributed by atoms with Gasteiger partial charge in [-0.1, -0.05) is 47.7 Å². The molecular weight excluding hydrogens is 595 g/mol. The summed E-state index contributed by atoms with van der Waals surface area (Å²) in [6.45, 7) is 0. The van der Waals surface area contributed by atoms with E-state index in [-0.39, 0.29) is 23.2 Å². The zero-order valence-corrected chi connectivity index (χ0v) is 22.1. The maximum Gasteiger partial charge on any atom is 0.271 e. The van der Waals surface area contributed by atoms with Gasteiger partial charge in [0.05, 0.1) is 25.2 Å². The molecule has 4 nitrogen and oxygen atoms in total. The summed E-state index contributed by atoms with van der Waals surface area (Å²) < 4.78 is 17.1. The molecule has 0 amide bonds. The third kappa shape index (κ3) is 3.84. The van der Waals surface area contributed by atoms with E-state index in [2.05, 4.69) is 44.0 Å². The van der Waals surface area contributed by atoms with Crippen molar-refractivity contribution in [1.82, 2.24) is 4.57 Å². The van der Waals surface area contributed by atoms with Crippen LogP contribution in [0.25, 0.3) is 11.8 Å². The Morgan fingerprint density at radius 1 is 1.06 bits per heavy atom. The summed E-state index contributed by atoms with van der Waals surface area (Å²) in [5.74, 6) is -0.209. The van der Waals surface area contributed by atoms with Gasteiger partial charge in [-0.2, -0.15) is 0 Å². The molecule has 4 aromatic rings. The highest BCUT2D eigenvalue weighted by atomic mass is 79.9. The van der Waals surface area contributed by atoms with Crippen LogP contribution in [0, 0.1) is 5.82 Å².